The van der Waals surface area contributed by atoms with Gasteiger partial charge >= 0.3 is 0 Å². The van der Waals surface area contributed by atoms with Crippen LogP contribution in [0.25, 0.3) is 0 Å². The van der Waals surface area contributed by atoms with Gasteiger partial charge in [-0.25, -0.2) is 0 Å². The lowest BCUT2D eigenvalue weighted by molar-refractivity contribution is 0.254. The fourth-order valence-corrected chi connectivity index (χ4v) is 3.72. The number of ether oxygens (including phenoxy) is 5. The van der Waals surface area contributed by atoms with Crippen molar-refractivity contribution in [2.75, 3.05) is 35.0 Å². The molecule has 33 heavy (non-hydrogen) atoms. The maximum atomic E-state index is 5.92. The SMILES string of the molecule is CCOc1cc2c(cc1CNC(=NC)NCc1cc(OC)c(OC)cc1OC)OC(C)C2.I. The van der Waals surface area contributed by atoms with Crippen LogP contribution >= 0.6 is 24.0 Å². The average molecular weight is 571 g/mol. The van der Waals surface area contributed by atoms with Crippen LogP contribution in [0.5, 0.6) is 28.7 Å². The fraction of sp³-hybridized carbons (Fsp3) is 0.458. The first-order valence-corrected chi connectivity index (χ1v) is 10.7. The van der Waals surface area contributed by atoms with Crippen molar-refractivity contribution in [3.8, 4) is 28.7 Å². The van der Waals surface area contributed by atoms with Gasteiger partial charge in [0.1, 0.15) is 23.4 Å². The molecule has 9 heteroatoms. The Labute approximate surface area is 213 Å². The number of rotatable bonds is 9. The zero-order valence-corrected chi connectivity index (χ0v) is 22.4. The predicted molar refractivity (Wildman–Crippen MR) is 140 cm³/mol. The third-order valence-electron chi connectivity index (χ3n) is 5.28. The highest BCUT2D eigenvalue weighted by molar-refractivity contribution is 14.0. The molecular weight excluding hydrogens is 537 g/mol. The van der Waals surface area contributed by atoms with Crippen LogP contribution in [0, 0.1) is 0 Å². The number of fused-ring (bicyclic) bond motifs is 1. The van der Waals surface area contributed by atoms with Crippen LogP contribution in [0.3, 0.4) is 0 Å². The second-order valence-electron chi connectivity index (χ2n) is 7.43. The Morgan fingerprint density at radius 2 is 1.55 bits per heavy atom. The molecule has 0 radical (unpaired) electrons. The van der Waals surface area contributed by atoms with E-state index in [9.17, 15) is 0 Å². The van der Waals surface area contributed by atoms with Crippen LogP contribution in [0.1, 0.15) is 30.5 Å². The molecule has 1 unspecified atom stereocenters. The van der Waals surface area contributed by atoms with Crippen LogP contribution in [0.4, 0.5) is 0 Å². The molecule has 182 valence electrons. The van der Waals surface area contributed by atoms with Gasteiger partial charge in [0.2, 0.25) is 0 Å². The fourth-order valence-electron chi connectivity index (χ4n) is 3.72. The van der Waals surface area contributed by atoms with E-state index in [1.165, 1.54) is 5.56 Å². The lowest BCUT2D eigenvalue weighted by Crippen LogP contribution is -2.36. The first-order valence-electron chi connectivity index (χ1n) is 10.7. The van der Waals surface area contributed by atoms with Gasteiger partial charge in [-0.3, -0.25) is 4.99 Å². The predicted octanol–water partition coefficient (Wildman–Crippen LogP) is 3.92. The summed E-state index contributed by atoms with van der Waals surface area (Å²) in [4.78, 5) is 4.34. The van der Waals surface area contributed by atoms with Gasteiger partial charge in [-0.1, -0.05) is 0 Å². The number of nitrogens with one attached hydrogen (secondary N) is 2. The summed E-state index contributed by atoms with van der Waals surface area (Å²) in [5.74, 6) is 4.41. The monoisotopic (exact) mass is 571 g/mol. The summed E-state index contributed by atoms with van der Waals surface area (Å²) in [6, 6.07) is 7.85. The van der Waals surface area contributed by atoms with E-state index in [0.717, 1.165) is 29.0 Å². The molecule has 0 saturated heterocycles. The van der Waals surface area contributed by atoms with E-state index in [4.69, 9.17) is 23.7 Å². The standard InChI is InChI=1S/C24H33N3O5.HI/c1-7-31-20-9-16-8-15(2)32-21(16)10-18(20)14-27-24(25-3)26-13-17-11-22(29-5)23(30-6)12-19(17)28-4;/h9-12,15H,7-8,13-14H2,1-6H3,(H2,25,26,27);1H. The lowest BCUT2D eigenvalue weighted by atomic mass is 10.1. The molecule has 1 aliphatic heterocycles. The molecule has 0 fully saturated rings. The summed E-state index contributed by atoms with van der Waals surface area (Å²) in [6.45, 7) is 5.71. The van der Waals surface area contributed by atoms with E-state index in [0.29, 0.717) is 42.9 Å². The zero-order valence-electron chi connectivity index (χ0n) is 20.1. The van der Waals surface area contributed by atoms with E-state index in [-0.39, 0.29) is 30.1 Å². The maximum Gasteiger partial charge on any atom is 0.191 e. The van der Waals surface area contributed by atoms with Gasteiger partial charge < -0.3 is 34.3 Å². The number of methoxy groups -OCH3 is 3. The van der Waals surface area contributed by atoms with Crippen LogP contribution in [0.2, 0.25) is 0 Å². The van der Waals surface area contributed by atoms with E-state index < -0.39 is 0 Å². The first kappa shape index (κ1) is 26.7. The second kappa shape index (κ2) is 12.6. The minimum atomic E-state index is 0. The van der Waals surface area contributed by atoms with Crippen molar-refractivity contribution >= 4 is 29.9 Å². The smallest absolute Gasteiger partial charge is 0.191 e. The van der Waals surface area contributed by atoms with Crippen LogP contribution in [-0.2, 0) is 19.5 Å². The minimum Gasteiger partial charge on any atom is -0.496 e. The van der Waals surface area contributed by atoms with Crippen LogP contribution in [0.15, 0.2) is 29.3 Å². The van der Waals surface area contributed by atoms with Gasteiger partial charge in [0.05, 0.1) is 27.9 Å². The largest absolute Gasteiger partial charge is 0.496 e. The normalized spacial score (nSPS) is 14.5. The number of hydrogen-bond donors (Lipinski definition) is 2. The summed E-state index contributed by atoms with van der Waals surface area (Å²) >= 11 is 0. The van der Waals surface area contributed by atoms with Crippen molar-refractivity contribution in [1.29, 1.82) is 0 Å². The number of aliphatic imine (C=N–C) groups is 1. The Morgan fingerprint density at radius 1 is 0.939 bits per heavy atom. The lowest BCUT2D eigenvalue weighted by Gasteiger charge is -2.17. The molecule has 2 aromatic carbocycles. The van der Waals surface area contributed by atoms with Crippen molar-refractivity contribution in [1.82, 2.24) is 10.6 Å². The molecule has 0 aromatic heterocycles. The highest BCUT2D eigenvalue weighted by atomic mass is 127. The van der Waals surface area contributed by atoms with Crippen molar-refractivity contribution in [3.63, 3.8) is 0 Å². The Hall–Kier alpha value is -2.56. The Bertz CT molecular complexity index is 968. The van der Waals surface area contributed by atoms with Crippen molar-refractivity contribution in [3.05, 3.63) is 41.0 Å². The molecule has 0 amide bonds. The van der Waals surface area contributed by atoms with Gasteiger partial charge in [-0.15, -0.1) is 24.0 Å². The number of benzene rings is 2. The summed E-state index contributed by atoms with van der Waals surface area (Å²) in [7, 11) is 6.57. The molecular formula is C24H34IN3O5. The molecule has 2 aromatic rings. The van der Waals surface area contributed by atoms with Gasteiger partial charge in [0.15, 0.2) is 17.5 Å². The maximum absolute atomic E-state index is 5.92. The molecule has 0 aliphatic carbocycles. The van der Waals surface area contributed by atoms with Crippen molar-refractivity contribution in [2.24, 2.45) is 4.99 Å². The molecule has 0 saturated carbocycles. The van der Waals surface area contributed by atoms with Crippen molar-refractivity contribution in [2.45, 2.75) is 39.5 Å². The number of nitrogens with zero attached hydrogens (tertiary/aromatic N) is 1. The minimum absolute atomic E-state index is 0. The van der Waals surface area contributed by atoms with E-state index in [2.05, 4.69) is 34.7 Å². The third kappa shape index (κ3) is 6.49. The van der Waals surface area contributed by atoms with Gasteiger partial charge in [0.25, 0.3) is 0 Å². The Kier molecular flexibility index (Phi) is 10.2. The van der Waals surface area contributed by atoms with Gasteiger partial charge in [0, 0.05) is 49.3 Å². The quantitative estimate of drug-likeness (QED) is 0.268. The molecule has 1 aliphatic rings. The Morgan fingerprint density at radius 3 is 2.12 bits per heavy atom. The summed E-state index contributed by atoms with van der Waals surface area (Å²) < 4.78 is 28.1. The zero-order chi connectivity index (χ0) is 23.1. The van der Waals surface area contributed by atoms with E-state index in [1.54, 1.807) is 28.4 Å². The summed E-state index contributed by atoms with van der Waals surface area (Å²) in [6.07, 6.45) is 1.09. The molecule has 8 nitrogen and oxygen atoms in total. The summed E-state index contributed by atoms with van der Waals surface area (Å²) in [5, 5.41) is 6.67. The third-order valence-corrected chi connectivity index (χ3v) is 5.28. The highest BCUT2D eigenvalue weighted by Gasteiger charge is 2.22. The topological polar surface area (TPSA) is 82.6 Å². The first-order chi connectivity index (χ1) is 15.5. The molecule has 2 N–H and O–H groups in total. The molecule has 0 spiro atoms. The second-order valence-corrected chi connectivity index (χ2v) is 7.43. The number of hydrogen-bond acceptors (Lipinski definition) is 6. The molecule has 1 atom stereocenters. The van der Waals surface area contributed by atoms with Gasteiger partial charge in [-0.05, 0) is 32.0 Å². The Balaban J connectivity index is 0.00000385. The van der Waals surface area contributed by atoms with Crippen LogP contribution < -0.4 is 34.3 Å². The molecule has 0 bridgehead atoms. The average Bonchev–Trinajstić information content (AvgIpc) is 3.17. The molecule has 1 heterocycles. The van der Waals surface area contributed by atoms with E-state index >= 15 is 0 Å². The van der Waals surface area contributed by atoms with Crippen LogP contribution in [-0.4, -0.2) is 47.0 Å². The van der Waals surface area contributed by atoms with Crippen molar-refractivity contribution < 1.29 is 23.7 Å². The highest BCUT2D eigenvalue weighted by Crippen LogP contribution is 2.36. The molecule has 3 rings (SSSR count). The van der Waals surface area contributed by atoms with Gasteiger partial charge in [-0.2, -0.15) is 0 Å². The summed E-state index contributed by atoms with van der Waals surface area (Å²) in [5.41, 5.74) is 3.13. The van der Waals surface area contributed by atoms with E-state index in [1.807, 2.05) is 19.1 Å². The number of halogens is 1. The number of guanidine groups is 1.